The van der Waals surface area contributed by atoms with Crippen molar-refractivity contribution >= 4 is 11.4 Å². The van der Waals surface area contributed by atoms with E-state index in [-0.39, 0.29) is 0 Å². The highest BCUT2D eigenvalue weighted by atomic mass is 19.1. The summed E-state index contributed by atoms with van der Waals surface area (Å²) in [6, 6.07) is 14.1. The molecule has 104 valence electrons. The molecule has 4 heteroatoms. The van der Waals surface area contributed by atoms with Gasteiger partial charge in [0.2, 0.25) is 5.95 Å². The molecule has 0 spiro atoms. The van der Waals surface area contributed by atoms with Crippen LogP contribution in [0.25, 0.3) is 0 Å². The molecule has 1 aromatic heterocycles. The molecule has 0 aliphatic carbocycles. The van der Waals surface area contributed by atoms with E-state index >= 15 is 0 Å². The average molecular weight is 271 g/mol. The molecule has 0 radical (unpaired) electrons. The van der Waals surface area contributed by atoms with Crippen LogP contribution in [-0.2, 0) is 0 Å². The maximum atomic E-state index is 12.8. The van der Waals surface area contributed by atoms with E-state index in [2.05, 4.69) is 39.5 Å². The molecule has 3 rings (SSSR count). The van der Waals surface area contributed by atoms with Gasteiger partial charge in [-0.1, -0.05) is 18.2 Å². The zero-order chi connectivity index (χ0) is 13.8. The van der Waals surface area contributed by atoms with Crippen molar-refractivity contribution in [1.29, 1.82) is 0 Å². The largest absolute Gasteiger partial charge is 0.381 e. The van der Waals surface area contributed by atoms with Gasteiger partial charge < -0.3 is 10.2 Å². The van der Waals surface area contributed by atoms with Gasteiger partial charge in [-0.25, -0.2) is 4.98 Å². The van der Waals surface area contributed by atoms with Crippen LogP contribution in [0.15, 0.2) is 48.7 Å². The predicted octanol–water partition coefficient (Wildman–Crippen LogP) is 3.30. The number of anilines is 2. The lowest BCUT2D eigenvalue weighted by Crippen LogP contribution is -2.39. The second kappa shape index (κ2) is 5.90. The third-order valence-corrected chi connectivity index (χ3v) is 3.71. The molecule has 1 N–H and O–H groups in total. The molecule has 1 fully saturated rings. The summed E-state index contributed by atoms with van der Waals surface area (Å²) in [5.41, 5.74) is 2.18. The number of para-hydroxylation sites is 1. The third-order valence-electron chi connectivity index (χ3n) is 3.71. The summed E-state index contributed by atoms with van der Waals surface area (Å²) in [5.74, 6) is -0.436. The van der Waals surface area contributed by atoms with E-state index in [9.17, 15) is 4.39 Å². The number of nitrogens with one attached hydrogen (secondary N) is 1. The Hall–Kier alpha value is -2.10. The number of halogens is 1. The van der Waals surface area contributed by atoms with E-state index in [0.29, 0.717) is 6.04 Å². The molecule has 20 heavy (non-hydrogen) atoms. The van der Waals surface area contributed by atoms with Crippen molar-refractivity contribution in [1.82, 2.24) is 4.98 Å². The van der Waals surface area contributed by atoms with Crippen molar-refractivity contribution in [3.05, 3.63) is 54.6 Å². The number of rotatable bonds is 3. The van der Waals surface area contributed by atoms with Crippen LogP contribution >= 0.6 is 0 Å². The van der Waals surface area contributed by atoms with Gasteiger partial charge in [-0.05, 0) is 37.1 Å². The fourth-order valence-electron chi connectivity index (χ4n) is 2.62. The van der Waals surface area contributed by atoms with Gasteiger partial charge in [-0.15, -0.1) is 0 Å². The molecule has 1 aromatic carbocycles. The van der Waals surface area contributed by atoms with Crippen LogP contribution in [-0.4, -0.2) is 24.1 Å². The smallest absolute Gasteiger partial charge is 0.212 e. The Morgan fingerprint density at radius 1 is 1.05 bits per heavy atom. The van der Waals surface area contributed by atoms with Crippen molar-refractivity contribution in [3.8, 4) is 0 Å². The van der Waals surface area contributed by atoms with Gasteiger partial charge in [0.1, 0.15) is 0 Å². The summed E-state index contributed by atoms with van der Waals surface area (Å²) in [6.45, 7) is 2.08. The number of piperidine rings is 1. The SMILES string of the molecule is Fc1ccc(NC2CCN(c3ccccc3)CC2)cn1. The quantitative estimate of drug-likeness (QED) is 0.868. The van der Waals surface area contributed by atoms with Crippen molar-refractivity contribution in [2.45, 2.75) is 18.9 Å². The van der Waals surface area contributed by atoms with Gasteiger partial charge in [-0.2, -0.15) is 4.39 Å². The predicted molar refractivity (Wildman–Crippen MR) is 79.5 cm³/mol. The number of benzene rings is 1. The summed E-state index contributed by atoms with van der Waals surface area (Å²) < 4.78 is 12.8. The lowest BCUT2D eigenvalue weighted by molar-refractivity contribution is 0.526. The van der Waals surface area contributed by atoms with E-state index in [1.54, 1.807) is 12.3 Å². The van der Waals surface area contributed by atoms with E-state index in [4.69, 9.17) is 0 Å². The number of aromatic nitrogens is 1. The van der Waals surface area contributed by atoms with E-state index < -0.39 is 5.95 Å². The van der Waals surface area contributed by atoms with Crippen molar-refractivity contribution in [3.63, 3.8) is 0 Å². The zero-order valence-corrected chi connectivity index (χ0v) is 11.3. The zero-order valence-electron chi connectivity index (χ0n) is 11.3. The summed E-state index contributed by atoms with van der Waals surface area (Å²) in [6.07, 6.45) is 3.71. The maximum absolute atomic E-state index is 12.8. The minimum absolute atomic E-state index is 0.433. The molecule has 2 aromatic rings. The second-order valence-corrected chi connectivity index (χ2v) is 5.11. The lowest BCUT2D eigenvalue weighted by atomic mass is 10.0. The molecule has 1 aliphatic heterocycles. The van der Waals surface area contributed by atoms with Crippen LogP contribution in [0.5, 0.6) is 0 Å². The van der Waals surface area contributed by atoms with Crippen molar-refractivity contribution in [2.24, 2.45) is 0 Å². The molecule has 0 bridgehead atoms. The minimum atomic E-state index is -0.436. The molecule has 3 nitrogen and oxygen atoms in total. The number of pyridine rings is 1. The van der Waals surface area contributed by atoms with Crippen LogP contribution in [0, 0.1) is 5.95 Å². The van der Waals surface area contributed by atoms with Gasteiger partial charge in [0.25, 0.3) is 0 Å². The van der Waals surface area contributed by atoms with Gasteiger partial charge in [-0.3, -0.25) is 0 Å². The standard InChI is InChI=1S/C16H18FN3/c17-16-7-6-14(12-18-16)19-13-8-10-20(11-9-13)15-4-2-1-3-5-15/h1-7,12-13,19H,8-11H2. The first kappa shape index (κ1) is 12.9. The Morgan fingerprint density at radius 3 is 2.45 bits per heavy atom. The molecule has 0 unspecified atom stereocenters. The Balaban J connectivity index is 1.55. The molecule has 1 aliphatic rings. The molecule has 0 atom stereocenters. The van der Waals surface area contributed by atoms with Crippen LogP contribution < -0.4 is 10.2 Å². The molecule has 0 saturated carbocycles. The number of hydrogen-bond acceptors (Lipinski definition) is 3. The highest BCUT2D eigenvalue weighted by Crippen LogP contribution is 2.21. The Labute approximate surface area is 118 Å². The number of hydrogen-bond donors (Lipinski definition) is 1. The molecular weight excluding hydrogens is 253 g/mol. The maximum Gasteiger partial charge on any atom is 0.212 e. The van der Waals surface area contributed by atoms with E-state index in [1.165, 1.54) is 11.8 Å². The molecule has 0 amide bonds. The average Bonchev–Trinajstić information content (AvgIpc) is 2.51. The second-order valence-electron chi connectivity index (χ2n) is 5.11. The van der Waals surface area contributed by atoms with Gasteiger partial charge in [0, 0.05) is 24.8 Å². The lowest BCUT2D eigenvalue weighted by Gasteiger charge is -2.34. The van der Waals surface area contributed by atoms with Gasteiger partial charge in [0.05, 0.1) is 11.9 Å². The molecule has 2 heterocycles. The first-order chi connectivity index (χ1) is 9.81. The normalized spacial score (nSPS) is 16.1. The summed E-state index contributed by atoms with van der Waals surface area (Å²) >= 11 is 0. The highest BCUT2D eigenvalue weighted by molar-refractivity contribution is 5.47. The Bertz CT molecular complexity index is 533. The van der Waals surface area contributed by atoms with E-state index in [0.717, 1.165) is 31.6 Å². The van der Waals surface area contributed by atoms with Crippen molar-refractivity contribution < 1.29 is 4.39 Å². The van der Waals surface area contributed by atoms with Crippen LogP contribution in [0.2, 0.25) is 0 Å². The van der Waals surface area contributed by atoms with Crippen molar-refractivity contribution in [2.75, 3.05) is 23.3 Å². The highest BCUT2D eigenvalue weighted by Gasteiger charge is 2.19. The van der Waals surface area contributed by atoms with Crippen LogP contribution in [0.3, 0.4) is 0 Å². The fraction of sp³-hybridized carbons (Fsp3) is 0.312. The third kappa shape index (κ3) is 3.07. The van der Waals surface area contributed by atoms with Gasteiger partial charge in [0.15, 0.2) is 0 Å². The summed E-state index contributed by atoms with van der Waals surface area (Å²) in [5, 5.41) is 3.42. The van der Waals surface area contributed by atoms with Crippen LogP contribution in [0.4, 0.5) is 15.8 Å². The minimum Gasteiger partial charge on any atom is -0.381 e. The summed E-state index contributed by atoms with van der Waals surface area (Å²) in [7, 11) is 0. The monoisotopic (exact) mass is 271 g/mol. The first-order valence-electron chi connectivity index (χ1n) is 6.99. The fourth-order valence-corrected chi connectivity index (χ4v) is 2.62. The Morgan fingerprint density at radius 2 is 1.80 bits per heavy atom. The first-order valence-corrected chi connectivity index (χ1v) is 6.99. The van der Waals surface area contributed by atoms with Crippen LogP contribution in [0.1, 0.15) is 12.8 Å². The van der Waals surface area contributed by atoms with Gasteiger partial charge >= 0.3 is 0 Å². The molecule has 1 saturated heterocycles. The Kier molecular flexibility index (Phi) is 3.81. The number of nitrogens with zero attached hydrogens (tertiary/aromatic N) is 2. The van der Waals surface area contributed by atoms with E-state index in [1.807, 2.05) is 6.07 Å². The molecular formula is C16H18FN3. The topological polar surface area (TPSA) is 28.2 Å². The summed E-state index contributed by atoms with van der Waals surface area (Å²) in [4.78, 5) is 6.07.